The average Bonchev–Trinajstić information content (AvgIpc) is 3.40. The van der Waals surface area contributed by atoms with E-state index in [4.69, 9.17) is 9.15 Å². The summed E-state index contributed by atoms with van der Waals surface area (Å²) in [4.78, 5) is 15.1. The second-order valence-electron chi connectivity index (χ2n) is 8.39. The predicted octanol–water partition coefficient (Wildman–Crippen LogP) is 4.08. The third kappa shape index (κ3) is 3.41. The second kappa shape index (κ2) is 7.69. The van der Waals surface area contributed by atoms with Gasteiger partial charge in [0.1, 0.15) is 0 Å². The summed E-state index contributed by atoms with van der Waals surface area (Å²) in [6, 6.07) is 17.5. The van der Waals surface area contributed by atoms with Crippen LogP contribution in [-0.4, -0.2) is 47.3 Å². The van der Waals surface area contributed by atoms with E-state index in [0.717, 1.165) is 18.4 Å². The van der Waals surface area contributed by atoms with Crippen LogP contribution in [-0.2, 0) is 4.74 Å². The van der Waals surface area contributed by atoms with Crippen molar-refractivity contribution in [3.8, 4) is 11.5 Å². The molecule has 0 bridgehead atoms. The predicted molar refractivity (Wildman–Crippen MR) is 112 cm³/mol. The molecule has 2 aliphatic heterocycles. The van der Waals surface area contributed by atoms with Crippen LogP contribution in [0, 0.1) is 12.3 Å². The molecule has 3 aromatic rings. The van der Waals surface area contributed by atoms with Crippen LogP contribution in [0.4, 0.5) is 0 Å². The molecule has 2 aromatic carbocycles. The molecule has 0 N–H and O–H groups in total. The van der Waals surface area contributed by atoms with Gasteiger partial charge in [0, 0.05) is 42.8 Å². The number of carbonyl (C=O) groups is 1. The van der Waals surface area contributed by atoms with Crippen molar-refractivity contribution in [2.45, 2.75) is 25.7 Å². The van der Waals surface area contributed by atoms with Gasteiger partial charge < -0.3 is 14.1 Å². The van der Waals surface area contributed by atoms with Gasteiger partial charge in [-0.05, 0) is 44.0 Å². The van der Waals surface area contributed by atoms with E-state index in [1.165, 1.54) is 5.56 Å². The SMILES string of the molecule is Cc1ccc(-c2nnc(C3CN(C(=O)c4ccccc4)CC34CCOCC4)o2)cc1. The van der Waals surface area contributed by atoms with Crippen molar-refractivity contribution < 1.29 is 13.9 Å². The van der Waals surface area contributed by atoms with Crippen molar-refractivity contribution in [3.05, 3.63) is 71.6 Å². The molecule has 2 fully saturated rings. The Balaban J connectivity index is 1.45. The first kappa shape index (κ1) is 19.0. The summed E-state index contributed by atoms with van der Waals surface area (Å²) in [5, 5.41) is 8.73. The standard InChI is InChI=1S/C24H25N3O3/c1-17-7-9-18(10-8-17)21-25-26-22(30-21)20-15-27(16-24(20)11-13-29-14-12-24)23(28)19-5-3-2-4-6-19/h2-10,20H,11-16H2,1H3. The van der Waals surface area contributed by atoms with Crippen LogP contribution in [0.1, 0.15) is 40.6 Å². The Morgan fingerprint density at radius 2 is 1.77 bits per heavy atom. The molecule has 0 aliphatic carbocycles. The number of hydrogen-bond donors (Lipinski definition) is 0. The lowest BCUT2D eigenvalue weighted by Crippen LogP contribution is -2.37. The summed E-state index contributed by atoms with van der Waals surface area (Å²) in [7, 11) is 0. The zero-order chi connectivity index (χ0) is 20.6. The lowest BCUT2D eigenvalue weighted by molar-refractivity contribution is 0.00908. The largest absolute Gasteiger partial charge is 0.420 e. The summed E-state index contributed by atoms with van der Waals surface area (Å²) in [6.07, 6.45) is 1.77. The van der Waals surface area contributed by atoms with Crippen molar-refractivity contribution in [1.29, 1.82) is 0 Å². The summed E-state index contributed by atoms with van der Waals surface area (Å²) >= 11 is 0. The van der Waals surface area contributed by atoms with E-state index < -0.39 is 0 Å². The zero-order valence-corrected chi connectivity index (χ0v) is 17.1. The fraction of sp³-hybridized carbons (Fsp3) is 0.375. The summed E-state index contributed by atoms with van der Waals surface area (Å²) in [5.74, 6) is 1.22. The molecular weight excluding hydrogens is 378 g/mol. The first-order valence-electron chi connectivity index (χ1n) is 10.5. The molecule has 0 radical (unpaired) electrons. The first-order valence-corrected chi connectivity index (χ1v) is 10.5. The molecule has 2 aliphatic rings. The molecule has 6 heteroatoms. The van der Waals surface area contributed by atoms with Gasteiger partial charge >= 0.3 is 0 Å². The molecule has 0 saturated carbocycles. The smallest absolute Gasteiger partial charge is 0.253 e. The Labute approximate surface area is 175 Å². The lowest BCUT2D eigenvalue weighted by atomic mass is 9.72. The normalized spacial score (nSPS) is 20.6. The molecule has 1 atom stereocenters. The van der Waals surface area contributed by atoms with E-state index in [9.17, 15) is 4.79 Å². The molecule has 2 saturated heterocycles. The highest BCUT2D eigenvalue weighted by Crippen LogP contribution is 2.49. The van der Waals surface area contributed by atoms with E-state index in [1.54, 1.807) is 0 Å². The minimum Gasteiger partial charge on any atom is -0.420 e. The van der Waals surface area contributed by atoms with Crippen LogP contribution in [0.2, 0.25) is 0 Å². The van der Waals surface area contributed by atoms with Gasteiger partial charge in [-0.3, -0.25) is 4.79 Å². The van der Waals surface area contributed by atoms with Gasteiger partial charge in [-0.2, -0.15) is 0 Å². The van der Waals surface area contributed by atoms with Crippen molar-refractivity contribution in [2.24, 2.45) is 5.41 Å². The number of likely N-dealkylation sites (tertiary alicyclic amines) is 1. The number of aryl methyl sites for hydroxylation is 1. The number of carbonyl (C=O) groups excluding carboxylic acids is 1. The van der Waals surface area contributed by atoms with Crippen molar-refractivity contribution in [1.82, 2.24) is 15.1 Å². The molecule has 3 heterocycles. The molecule has 6 nitrogen and oxygen atoms in total. The number of benzene rings is 2. The van der Waals surface area contributed by atoms with Gasteiger partial charge in [0.05, 0.1) is 5.92 Å². The number of amides is 1. The van der Waals surface area contributed by atoms with Crippen molar-refractivity contribution in [3.63, 3.8) is 0 Å². The Bertz CT molecular complexity index is 1020. The minimum absolute atomic E-state index is 0.0146. The maximum absolute atomic E-state index is 13.1. The third-order valence-corrected chi connectivity index (χ3v) is 6.48. The highest BCUT2D eigenvalue weighted by atomic mass is 16.5. The monoisotopic (exact) mass is 403 g/mol. The van der Waals surface area contributed by atoms with E-state index in [1.807, 2.05) is 59.5 Å². The number of ether oxygens (including phenoxy) is 1. The highest BCUT2D eigenvalue weighted by molar-refractivity contribution is 5.94. The second-order valence-corrected chi connectivity index (χ2v) is 8.39. The minimum atomic E-state index is -0.0836. The van der Waals surface area contributed by atoms with E-state index in [0.29, 0.717) is 43.6 Å². The molecule has 154 valence electrons. The van der Waals surface area contributed by atoms with E-state index in [2.05, 4.69) is 17.1 Å². The maximum Gasteiger partial charge on any atom is 0.253 e. The van der Waals surface area contributed by atoms with Gasteiger partial charge in [0.15, 0.2) is 0 Å². The van der Waals surface area contributed by atoms with Crippen LogP contribution in [0.25, 0.3) is 11.5 Å². The van der Waals surface area contributed by atoms with Crippen LogP contribution >= 0.6 is 0 Å². The zero-order valence-electron chi connectivity index (χ0n) is 17.1. The number of hydrogen-bond acceptors (Lipinski definition) is 5. The topological polar surface area (TPSA) is 68.5 Å². The quantitative estimate of drug-likeness (QED) is 0.659. The summed E-state index contributed by atoms with van der Waals surface area (Å²) in [6.45, 7) is 4.72. The van der Waals surface area contributed by atoms with Crippen LogP contribution in [0.3, 0.4) is 0 Å². The van der Waals surface area contributed by atoms with Crippen molar-refractivity contribution >= 4 is 5.91 Å². The summed E-state index contributed by atoms with van der Waals surface area (Å²) in [5.41, 5.74) is 2.73. The van der Waals surface area contributed by atoms with Crippen LogP contribution < -0.4 is 0 Å². The van der Waals surface area contributed by atoms with E-state index >= 15 is 0 Å². The Morgan fingerprint density at radius 3 is 2.50 bits per heavy atom. The first-order chi connectivity index (χ1) is 14.6. The molecule has 30 heavy (non-hydrogen) atoms. The lowest BCUT2D eigenvalue weighted by Gasteiger charge is -2.36. The number of nitrogens with zero attached hydrogens (tertiary/aromatic N) is 3. The van der Waals surface area contributed by atoms with Gasteiger partial charge in [-0.15, -0.1) is 10.2 Å². The molecule has 5 rings (SSSR count). The fourth-order valence-corrected chi connectivity index (χ4v) is 4.70. The van der Waals surface area contributed by atoms with Crippen molar-refractivity contribution in [2.75, 3.05) is 26.3 Å². The van der Waals surface area contributed by atoms with Gasteiger partial charge in [-0.25, -0.2) is 0 Å². The third-order valence-electron chi connectivity index (χ3n) is 6.48. The van der Waals surface area contributed by atoms with Crippen LogP contribution in [0.15, 0.2) is 59.0 Å². The average molecular weight is 403 g/mol. The Morgan fingerprint density at radius 1 is 1.03 bits per heavy atom. The summed E-state index contributed by atoms with van der Waals surface area (Å²) < 4.78 is 11.8. The van der Waals surface area contributed by atoms with Crippen LogP contribution in [0.5, 0.6) is 0 Å². The number of rotatable bonds is 3. The van der Waals surface area contributed by atoms with Gasteiger partial charge in [-0.1, -0.05) is 35.9 Å². The maximum atomic E-state index is 13.1. The van der Waals surface area contributed by atoms with E-state index in [-0.39, 0.29) is 17.2 Å². The molecule has 1 amide bonds. The molecular formula is C24H25N3O3. The Hall–Kier alpha value is -2.99. The Kier molecular flexibility index (Phi) is 4.87. The number of aromatic nitrogens is 2. The molecule has 1 spiro atoms. The fourth-order valence-electron chi connectivity index (χ4n) is 4.70. The highest BCUT2D eigenvalue weighted by Gasteiger charge is 2.51. The van der Waals surface area contributed by atoms with Gasteiger partial charge in [0.2, 0.25) is 11.8 Å². The molecule has 1 unspecified atom stereocenters. The molecule has 1 aromatic heterocycles. The van der Waals surface area contributed by atoms with Gasteiger partial charge in [0.25, 0.3) is 5.91 Å².